The Kier molecular flexibility index (Phi) is 3.56. The second-order valence-corrected chi connectivity index (χ2v) is 4.48. The first-order chi connectivity index (χ1) is 8.49. The average Bonchev–Trinajstić information content (AvgIpc) is 2.72. The molecule has 1 aromatic carbocycles. The van der Waals surface area contributed by atoms with Crippen LogP contribution in [0.4, 0.5) is 18.9 Å². The van der Waals surface area contributed by atoms with Crippen LogP contribution in [0.2, 0.25) is 0 Å². The van der Waals surface area contributed by atoms with Crippen LogP contribution in [0, 0.1) is 29.3 Å². The van der Waals surface area contributed by atoms with E-state index in [1.54, 1.807) is 0 Å². The molecule has 0 radical (unpaired) electrons. The quantitative estimate of drug-likeness (QED) is 0.795. The minimum atomic E-state index is -1.28. The van der Waals surface area contributed by atoms with E-state index in [-0.39, 0.29) is 17.5 Å². The third-order valence-electron chi connectivity index (χ3n) is 3.12. The SMILES string of the molecule is CC1CNCC1C(=O)Nc1cc(F)c(F)cc1F. The molecule has 2 atom stereocenters. The lowest BCUT2D eigenvalue weighted by Gasteiger charge is -2.14. The van der Waals surface area contributed by atoms with Gasteiger partial charge in [-0.05, 0) is 12.5 Å². The first-order valence-electron chi connectivity index (χ1n) is 5.65. The van der Waals surface area contributed by atoms with Gasteiger partial charge in [0, 0.05) is 18.7 Å². The van der Waals surface area contributed by atoms with Crippen molar-refractivity contribution < 1.29 is 18.0 Å². The summed E-state index contributed by atoms with van der Waals surface area (Å²) in [6.45, 7) is 3.10. The first-order valence-corrected chi connectivity index (χ1v) is 5.65. The zero-order valence-corrected chi connectivity index (χ0v) is 9.77. The molecule has 1 amide bonds. The van der Waals surface area contributed by atoms with E-state index in [1.165, 1.54) is 0 Å². The van der Waals surface area contributed by atoms with Crippen molar-refractivity contribution in [1.82, 2.24) is 5.32 Å². The molecule has 2 rings (SSSR count). The highest BCUT2D eigenvalue weighted by Gasteiger charge is 2.30. The van der Waals surface area contributed by atoms with Crippen molar-refractivity contribution in [2.45, 2.75) is 6.92 Å². The fraction of sp³-hybridized carbons (Fsp3) is 0.417. The first kappa shape index (κ1) is 12.9. The van der Waals surface area contributed by atoms with Crippen LogP contribution in [0.3, 0.4) is 0 Å². The van der Waals surface area contributed by atoms with Crippen molar-refractivity contribution in [2.24, 2.45) is 11.8 Å². The number of hydrogen-bond donors (Lipinski definition) is 2. The number of anilines is 1. The summed E-state index contributed by atoms with van der Waals surface area (Å²) in [6, 6.07) is 1.07. The van der Waals surface area contributed by atoms with Gasteiger partial charge < -0.3 is 10.6 Å². The molecule has 0 bridgehead atoms. The van der Waals surface area contributed by atoms with Crippen molar-refractivity contribution in [2.75, 3.05) is 18.4 Å². The third kappa shape index (κ3) is 2.48. The minimum absolute atomic E-state index is 0.123. The molecule has 6 heteroatoms. The normalized spacial score (nSPS) is 23.1. The van der Waals surface area contributed by atoms with Crippen LogP contribution >= 0.6 is 0 Å². The van der Waals surface area contributed by atoms with Crippen LogP contribution in [0.5, 0.6) is 0 Å². The van der Waals surface area contributed by atoms with Crippen LogP contribution in [-0.4, -0.2) is 19.0 Å². The molecule has 1 fully saturated rings. The van der Waals surface area contributed by atoms with Gasteiger partial charge in [-0.25, -0.2) is 13.2 Å². The molecule has 98 valence electrons. The van der Waals surface area contributed by atoms with Gasteiger partial charge in [-0.2, -0.15) is 0 Å². The lowest BCUT2D eigenvalue weighted by atomic mass is 9.97. The van der Waals surface area contributed by atoms with Crippen molar-refractivity contribution in [1.29, 1.82) is 0 Å². The third-order valence-corrected chi connectivity index (χ3v) is 3.12. The Balaban J connectivity index is 2.14. The minimum Gasteiger partial charge on any atom is -0.323 e. The topological polar surface area (TPSA) is 41.1 Å². The number of amides is 1. The van der Waals surface area contributed by atoms with E-state index in [0.717, 1.165) is 0 Å². The number of carbonyl (C=O) groups excluding carboxylic acids is 1. The molecule has 1 saturated heterocycles. The number of benzene rings is 1. The Morgan fingerprint density at radius 2 is 1.89 bits per heavy atom. The molecule has 18 heavy (non-hydrogen) atoms. The van der Waals surface area contributed by atoms with E-state index in [1.807, 2.05) is 6.92 Å². The number of halogens is 3. The van der Waals surface area contributed by atoms with Gasteiger partial charge in [-0.3, -0.25) is 4.79 Å². The lowest BCUT2D eigenvalue weighted by molar-refractivity contribution is -0.120. The van der Waals surface area contributed by atoms with E-state index in [0.29, 0.717) is 25.2 Å². The summed E-state index contributed by atoms with van der Waals surface area (Å²) in [5, 5.41) is 5.33. The maximum atomic E-state index is 13.3. The molecule has 3 nitrogen and oxygen atoms in total. The standard InChI is InChI=1S/C12H13F3N2O/c1-6-4-16-5-7(6)12(18)17-11-3-9(14)8(13)2-10(11)15/h2-3,6-7,16H,4-5H2,1H3,(H,17,18). The molecule has 0 aromatic heterocycles. The van der Waals surface area contributed by atoms with Gasteiger partial charge in [0.15, 0.2) is 11.6 Å². The van der Waals surface area contributed by atoms with Gasteiger partial charge in [0.2, 0.25) is 5.91 Å². The number of hydrogen-bond acceptors (Lipinski definition) is 2. The van der Waals surface area contributed by atoms with Crippen LogP contribution in [0.1, 0.15) is 6.92 Å². The van der Waals surface area contributed by atoms with E-state index in [2.05, 4.69) is 10.6 Å². The van der Waals surface area contributed by atoms with Crippen LogP contribution in [-0.2, 0) is 4.79 Å². The Morgan fingerprint density at radius 1 is 1.22 bits per heavy atom. The fourth-order valence-corrected chi connectivity index (χ4v) is 2.00. The average molecular weight is 258 g/mol. The van der Waals surface area contributed by atoms with E-state index in [9.17, 15) is 18.0 Å². The summed E-state index contributed by atoms with van der Waals surface area (Å²) < 4.78 is 39.0. The fourth-order valence-electron chi connectivity index (χ4n) is 2.00. The maximum Gasteiger partial charge on any atom is 0.229 e. The second kappa shape index (κ2) is 4.97. The van der Waals surface area contributed by atoms with Gasteiger partial charge in [0.1, 0.15) is 5.82 Å². The van der Waals surface area contributed by atoms with Gasteiger partial charge in [-0.1, -0.05) is 6.92 Å². The number of rotatable bonds is 2. The molecule has 1 aromatic rings. The van der Waals surface area contributed by atoms with Crippen molar-refractivity contribution >= 4 is 11.6 Å². The molecule has 1 aliphatic heterocycles. The zero-order valence-electron chi connectivity index (χ0n) is 9.77. The number of nitrogens with one attached hydrogen (secondary N) is 2. The maximum absolute atomic E-state index is 13.3. The lowest BCUT2D eigenvalue weighted by Crippen LogP contribution is -2.28. The Hall–Kier alpha value is -1.56. The van der Waals surface area contributed by atoms with Crippen LogP contribution in [0.25, 0.3) is 0 Å². The largest absolute Gasteiger partial charge is 0.323 e. The summed E-state index contributed by atoms with van der Waals surface area (Å²) in [5.74, 6) is -4.01. The predicted molar refractivity (Wildman–Crippen MR) is 60.5 cm³/mol. The van der Waals surface area contributed by atoms with Gasteiger partial charge >= 0.3 is 0 Å². The van der Waals surface area contributed by atoms with Crippen LogP contribution < -0.4 is 10.6 Å². The van der Waals surface area contributed by atoms with E-state index in [4.69, 9.17) is 0 Å². The van der Waals surface area contributed by atoms with Gasteiger partial charge in [0.25, 0.3) is 0 Å². The van der Waals surface area contributed by atoms with Crippen molar-refractivity contribution in [3.8, 4) is 0 Å². The smallest absolute Gasteiger partial charge is 0.229 e. The van der Waals surface area contributed by atoms with Gasteiger partial charge in [0.05, 0.1) is 11.6 Å². The molecule has 2 unspecified atom stereocenters. The summed E-state index contributed by atoms with van der Waals surface area (Å²) >= 11 is 0. The second-order valence-electron chi connectivity index (χ2n) is 4.48. The van der Waals surface area contributed by atoms with Gasteiger partial charge in [-0.15, -0.1) is 0 Å². The summed E-state index contributed by atoms with van der Waals surface area (Å²) in [7, 11) is 0. The highest BCUT2D eigenvalue weighted by Crippen LogP contribution is 2.22. The summed E-state index contributed by atoms with van der Waals surface area (Å²) in [4.78, 5) is 11.8. The highest BCUT2D eigenvalue weighted by atomic mass is 19.2. The molecule has 1 heterocycles. The molecule has 0 spiro atoms. The Bertz CT molecular complexity index is 479. The summed E-state index contributed by atoms with van der Waals surface area (Å²) in [5.41, 5.74) is -0.335. The van der Waals surface area contributed by atoms with Crippen molar-refractivity contribution in [3.63, 3.8) is 0 Å². The highest BCUT2D eigenvalue weighted by molar-refractivity contribution is 5.93. The molecule has 2 N–H and O–H groups in total. The Labute approximate surface area is 102 Å². The molecule has 1 aliphatic rings. The molecular weight excluding hydrogens is 245 g/mol. The van der Waals surface area contributed by atoms with Crippen LogP contribution in [0.15, 0.2) is 12.1 Å². The van der Waals surface area contributed by atoms with E-state index >= 15 is 0 Å². The predicted octanol–water partition coefficient (Wildman–Crippen LogP) is 1.90. The molecule has 0 saturated carbocycles. The monoisotopic (exact) mass is 258 g/mol. The molecular formula is C12H13F3N2O. The summed E-state index contributed by atoms with van der Waals surface area (Å²) in [6.07, 6.45) is 0. The molecule has 0 aliphatic carbocycles. The zero-order chi connectivity index (χ0) is 13.3. The van der Waals surface area contributed by atoms with E-state index < -0.39 is 23.4 Å². The number of carbonyl (C=O) groups is 1. The Morgan fingerprint density at radius 3 is 2.50 bits per heavy atom. The van der Waals surface area contributed by atoms with Crippen molar-refractivity contribution in [3.05, 3.63) is 29.6 Å².